The molecule has 4 heteroatoms. The molecule has 0 aliphatic carbocycles. The molecule has 0 fully saturated rings. The molecule has 3 nitrogen and oxygen atoms in total. The molecular weight excluding hydrogens is 268 g/mol. The molecule has 0 saturated heterocycles. The summed E-state index contributed by atoms with van der Waals surface area (Å²) in [5, 5.41) is 4.15. The topological polar surface area (TPSA) is 34.9 Å². The molecule has 2 aromatic rings. The zero-order chi connectivity index (χ0) is 14.5. The summed E-state index contributed by atoms with van der Waals surface area (Å²) in [6, 6.07) is 8.44. The molecule has 0 bridgehead atoms. The van der Waals surface area contributed by atoms with Crippen LogP contribution in [0, 0.1) is 13.8 Å². The van der Waals surface area contributed by atoms with Crippen molar-refractivity contribution in [3.05, 3.63) is 63.6 Å². The van der Waals surface area contributed by atoms with E-state index in [2.05, 4.69) is 36.3 Å². The van der Waals surface area contributed by atoms with Gasteiger partial charge in [0, 0.05) is 22.4 Å². The van der Waals surface area contributed by atoms with E-state index >= 15 is 0 Å². The van der Waals surface area contributed by atoms with Crippen LogP contribution in [0.3, 0.4) is 0 Å². The van der Waals surface area contributed by atoms with Crippen LogP contribution in [0.2, 0.25) is 0 Å². The smallest absolute Gasteiger partial charge is 0.267 e. The van der Waals surface area contributed by atoms with Gasteiger partial charge in [-0.15, -0.1) is 11.8 Å². The van der Waals surface area contributed by atoms with Gasteiger partial charge in [0.1, 0.15) is 0 Å². The van der Waals surface area contributed by atoms with Gasteiger partial charge in [-0.25, -0.2) is 4.68 Å². The molecule has 1 aromatic heterocycles. The van der Waals surface area contributed by atoms with Crippen LogP contribution in [0.4, 0.5) is 0 Å². The number of benzene rings is 1. The average Bonchev–Trinajstić information content (AvgIpc) is 2.45. The zero-order valence-electron chi connectivity index (χ0n) is 12.0. The summed E-state index contributed by atoms with van der Waals surface area (Å²) in [5.41, 5.74) is 3.19. The standard InChI is InChI=1S/C16H18N2OS/c1-4-9-18-16(19)13(3)15(10-17-18)20-11-14-7-5-12(2)6-8-14/h4-10H,11H2,1-3H3/b9-4-. The van der Waals surface area contributed by atoms with Crippen LogP contribution < -0.4 is 5.56 Å². The molecule has 0 aliphatic heterocycles. The quantitative estimate of drug-likeness (QED) is 0.805. The summed E-state index contributed by atoms with van der Waals surface area (Å²) < 4.78 is 1.37. The third-order valence-corrected chi connectivity index (χ3v) is 4.20. The van der Waals surface area contributed by atoms with E-state index in [0.717, 1.165) is 16.2 Å². The first kappa shape index (κ1) is 14.6. The maximum atomic E-state index is 12.1. The molecule has 0 atom stereocenters. The molecule has 0 radical (unpaired) electrons. The summed E-state index contributed by atoms with van der Waals surface area (Å²) in [6.45, 7) is 5.79. The molecule has 104 valence electrons. The summed E-state index contributed by atoms with van der Waals surface area (Å²) in [5.74, 6) is 0.843. The van der Waals surface area contributed by atoms with Crippen LogP contribution >= 0.6 is 11.8 Å². The van der Waals surface area contributed by atoms with Gasteiger partial charge in [0.15, 0.2) is 0 Å². The number of hydrogen-bond donors (Lipinski definition) is 0. The highest BCUT2D eigenvalue weighted by Gasteiger charge is 2.06. The number of nitrogens with zero attached hydrogens (tertiary/aromatic N) is 2. The Morgan fingerprint density at radius 2 is 1.95 bits per heavy atom. The maximum absolute atomic E-state index is 12.1. The molecule has 0 unspecified atom stereocenters. The summed E-state index contributed by atoms with van der Waals surface area (Å²) in [7, 11) is 0. The van der Waals surface area contributed by atoms with Gasteiger partial charge >= 0.3 is 0 Å². The molecule has 1 heterocycles. The van der Waals surface area contributed by atoms with Crippen molar-refractivity contribution in [3.8, 4) is 0 Å². The summed E-state index contributed by atoms with van der Waals surface area (Å²) in [4.78, 5) is 13.0. The third-order valence-electron chi connectivity index (χ3n) is 3.00. The van der Waals surface area contributed by atoms with Crippen molar-refractivity contribution >= 4 is 18.0 Å². The van der Waals surface area contributed by atoms with Gasteiger partial charge in [0.25, 0.3) is 5.56 Å². The zero-order valence-corrected chi connectivity index (χ0v) is 12.8. The van der Waals surface area contributed by atoms with Gasteiger partial charge < -0.3 is 0 Å². The van der Waals surface area contributed by atoms with Crippen molar-refractivity contribution in [1.29, 1.82) is 0 Å². The van der Waals surface area contributed by atoms with Crippen LogP contribution in [-0.2, 0) is 5.75 Å². The Kier molecular flexibility index (Phi) is 4.79. The van der Waals surface area contributed by atoms with Crippen molar-refractivity contribution in [3.63, 3.8) is 0 Å². The Morgan fingerprint density at radius 1 is 1.25 bits per heavy atom. The first-order chi connectivity index (χ1) is 9.61. The fourth-order valence-electron chi connectivity index (χ4n) is 1.78. The minimum Gasteiger partial charge on any atom is -0.267 e. The van der Waals surface area contributed by atoms with Crippen molar-refractivity contribution in [2.75, 3.05) is 0 Å². The van der Waals surface area contributed by atoms with E-state index in [1.807, 2.05) is 13.8 Å². The lowest BCUT2D eigenvalue weighted by Gasteiger charge is -2.06. The Hall–Kier alpha value is -1.81. The van der Waals surface area contributed by atoms with E-state index in [0.29, 0.717) is 0 Å². The molecular formula is C16H18N2OS. The van der Waals surface area contributed by atoms with E-state index in [4.69, 9.17) is 0 Å². The van der Waals surface area contributed by atoms with E-state index in [1.165, 1.54) is 15.8 Å². The second-order valence-corrected chi connectivity index (χ2v) is 5.66. The normalized spacial score (nSPS) is 11.2. The van der Waals surface area contributed by atoms with Gasteiger partial charge in [-0.05, 0) is 26.3 Å². The van der Waals surface area contributed by atoms with Crippen molar-refractivity contribution < 1.29 is 0 Å². The molecule has 0 N–H and O–H groups in total. The highest BCUT2D eigenvalue weighted by Crippen LogP contribution is 2.23. The second-order valence-electron chi connectivity index (χ2n) is 4.64. The van der Waals surface area contributed by atoms with Crippen LogP contribution in [0.5, 0.6) is 0 Å². The Bertz CT molecular complexity index is 672. The van der Waals surface area contributed by atoms with Crippen molar-refractivity contribution in [1.82, 2.24) is 9.78 Å². The van der Waals surface area contributed by atoms with Crippen LogP contribution in [0.15, 0.2) is 46.2 Å². The minimum absolute atomic E-state index is 0.0583. The minimum atomic E-state index is -0.0583. The number of rotatable bonds is 4. The fraction of sp³-hybridized carbons (Fsp3) is 0.250. The lowest BCUT2D eigenvalue weighted by molar-refractivity contribution is 0.815. The summed E-state index contributed by atoms with van der Waals surface area (Å²) >= 11 is 1.65. The van der Waals surface area contributed by atoms with Crippen molar-refractivity contribution in [2.24, 2.45) is 0 Å². The molecule has 1 aromatic carbocycles. The molecule has 0 amide bonds. The Balaban J connectivity index is 2.16. The Labute approximate surface area is 123 Å². The number of aromatic nitrogens is 2. The van der Waals surface area contributed by atoms with E-state index in [-0.39, 0.29) is 5.56 Å². The molecule has 0 aliphatic rings. The number of hydrogen-bond acceptors (Lipinski definition) is 3. The Morgan fingerprint density at radius 3 is 2.60 bits per heavy atom. The lowest BCUT2D eigenvalue weighted by atomic mass is 10.2. The van der Waals surface area contributed by atoms with Crippen LogP contribution in [0.1, 0.15) is 23.6 Å². The van der Waals surface area contributed by atoms with E-state index < -0.39 is 0 Å². The second kappa shape index (κ2) is 6.57. The summed E-state index contributed by atoms with van der Waals surface area (Å²) in [6.07, 6.45) is 5.23. The molecule has 0 spiro atoms. The lowest BCUT2D eigenvalue weighted by Crippen LogP contribution is -2.21. The maximum Gasteiger partial charge on any atom is 0.274 e. The first-order valence-electron chi connectivity index (χ1n) is 6.51. The third kappa shape index (κ3) is 3.39. The molecule has 0 saturated carbocycles. The van der Waals surface area contributed by atoms with Gasteiger partial charge in [-0.3, -0.25) is 4.79 Å². The highest BCUT2D eigenvalue weighted by atomic mass is 32.2. The number of allylic oxidation sites excluding steroid dienone is 1. The van der Waals surface area contributed by atoms with Crippen LogP contribution in [0.25, 0.3) is 6.20 Å². The van der Waals surface area contributed by atoms with Crippen LogP contribution in [-0.4, -0.2) is 9.78 Å². The SMILES string of the molecule is C/C=C\n1ncc(SCc2ccc(C)cc2)c(C)c1=O. The van der Waals surface area contributed by atoms with E-state index in [1.54, 1.807) is 30.2 Å². The monoisotopic (exact) mass is 286 g/mol. The first-order valence-corrected chi connectivity index (χ1v) is 7.50. The van der Waals surface area contributed by atoms with Crippen molar-refractivity contribution in [2.45, 2.75) is 31.4 Å². The average molecular weight is 286 g/mol. The highest BCUT2D eigenvalue weighted by molar-refractivity contribution is 7.98. The van der Waals surface area contributed by atoms with Gasteiger partial charge in [0.2, 0.25) is 0 Å². The number of aryl methyl sites for hydroxylation is 1. The van der Waals surface area contributed by atoms with Gasteiger partial charge in [-0.1, -0.05) is 35.9 Å². The predicted molar refractivity (Wildman–Crippen MR) is 85.0 cm³/mol. The van der Waals surface area contributed by atoms with Gasteiger partial charge in [-0.2, -0.15) is 5.10 Å². The number of thioether (sulfide) groups is 1. The van der Waals surface area contributed by atoms with Gasteiger partial charge in [0.05, 0.1) is 6.20 Å². The molecule has 2 rings (SSSR count). The molecule has 20 heavy (non-hydrogen) atoms. The fourth-order valence-corrected chi connectivity index (χ4v) is 2.72. The predicted octanol–water partition coefficient (Wildman–Crippen LogP) is 3.64. The largest absolute Gasteiger partial charge is 0.274 e. The van der Waals surface area contributed by atoms with E-state index in [9.17, 15) is 4.79 Å².